The van der Waals surface area contributed by atoms with Crippen molar-refractivity contribution in [2.24, 2.45) is 5.92 Å². The topological polar surface area (TPSA) is 38.3 Å². The Hall–Kier alpha value is -1.29. The van der Waals surface area contributed by atoms with Crippen molar-refractivity contribution in [3.63, 3.8) is 0 Å². The number of anilines is 1. The van der Waals surface area contributed by atoms with Crippen molar-refractivity contribution >= 4 is 24.9 Å². The number of ether oxygens (including phenoxy) is 1. The molecule has 2 rings (SSSR count). The lowest BCUT2D eigenvalue weighted by Crippen LogP contribution is -2.28. The fourth-order valence-electron chi connectivity index (χ4n) is 1.84. The molecule has 1 aromatic carbocycles. The van der Waals surface area contributed by atoms with Gasteiger partial charge in [0.2, 0.25) is 5.91 Å². The van der Waals surface area contributed by atoms with E-state index < -0.39 is 0 Å². The van der Waals surface area contributed by atoms with E-state index in [1.54, 1.807) is 0 Å². The van der Waals surface area contributed by atoms with Crippen LogP contribution in [0.3, 0.4) is 0 Å². The van der Waals surface area contributed by atoms with Crippen LogP contribution in [0.2, 0.25) is 0 Å². The smallest absolute Gasteiger partial charge is 0.227 e. The first-order valence-corrected chi connectivity index (χ1v) is 5.71. The predicted octanol–water partition coefficient (Wildman–Crippen LogP) is 0.310. The molecule has 1 aliphatic rings. The second-order valence-corrected chi connectivity index (χ2v) is 4.24. The summed E-state index contributed by atoms with van der Waals surface area (Å²) in [6, 6.07) is 7.87. The van der Waals surface area contributed by atoms with Crippen LogP contribution in [-0.4, -0.2) is 27.0 Å². The van der Waals surface area contributed by atoms with Crippen molar-refractivity contribution in [1.82, 2.24) is 0 Å². The summed E-state index contributed by atoms with van der Waals surface area (Å²) in [5, 5.41) is 2.94. The third-order valence-electron chi connectivity index (χ3n) is 2.91. The van der Waals surface area contributed by atoms with Crippen LogP contribution in [-0.2, 0) is 9.53 Å². The molecule has 0 unspecified atom stereocenters. The van der Waals surface area contributed by atoms with Gasteiger partial charge in [0.05, 0.1) is 0 Å². The van der Waals surface area contributed by atoms with Crippen molar-refractivity contribution in [2.75, 3.05) is 18.5 Å². The normalized spacial score (nSPS) is 17.0. The van der Waals surface area contributed by atoms with Crippen molar-refractivity contribution in [3.05, 3.63) is 24.3 Å². The molecule has 16 heavy (non-hydrogen) atoms. The van der Waals surface area contributed by atoms with E-state index in [0.717, 1.165) is 18.5 Å². The molecule has 0 spiro atoms. The van der Waals surface area contributed by atoms with Crippen molar-refractivity contribution in [2.45, 2.75) is 12.8 Å². The van der Waals surface area contributed by atoms with E-state index in [0.29, 0.717) is 13.2 Å². The standard InChI is InChI=1S/C12H16BNO2/c13-10-1-3-11(4-2-10)14-12(15)9-5-7-16-8-6-9/h1-4,9H,5-8,13H2,(H,14,15). The minimum atomic E-state index is 0.107. The Balaban J connectivity index is 1.93. The molecular formula is C12H16BNO2. The highest BCUT2D eigenvalue weighted by atomic mass is 16.5. The average Bonchev–Trinajstić information content (AvgIpc) is 2.33. The Morgan fingerprint density at radius 1 is 1.25 bits per heavy atom. The highest BCUT2D eigenvalue weighted by Crippen LogP contribution is 2.17. The van der Waals surface area contributed by atoms with Gasteiger partial charge in [0.1, 0.15) is 7.85 Å². The summed E-state index contributed by atoms with van der Waals surface area (Å²) in [5.74, 6) is 0.224. The van der Waals surface area contributed by atoms with Crippen LogP contribution in [0.15, 0.2) is 24.3 Å². The van der Waals surface area contributed by atoms with Crippen molar-refractivity contribution < 1.29 is 9.53 Å². The van der Waals surface area contributed by atoms with E-state index in [1.165, 1.54) is 5.46 Å². The van der Waals surface area contributed by atoms with Crippen LogP contribution in [0.5, 0.6) is 0 Å². The van der Waals surface area contributed by atoms with Gasteiger partial charge in [-0.2, -0.15) is 0 Å². The van der Waals surface area contributed by atoms with Crippen molar-refractivity contribution in [3.8, 4) is 0 Å². The molecule has 4 heteroatoms. The van der Waals surface area contributed by atoms with Gasteiger partial charge >= 0.3 is 0 Å². The van der Waals surface area contributed by atoms with Gasteiger partial charge in [0.25, 0.3) is 0 Å². The van der Waals surface area contributed by atoms with E-state index in [9.17, 15) is 4.79 Å². The Bertz CT molecular complexity index is 358. The van der Waals surface area contributed by atoms with Crippen molar-refractivity contribution in [1.29, 1.82) is 0 Å². The molecule has 0 bridgehead atoms. The third-order valence-corrected chi connectivity index (χ3v) is 2.91. The zero-order valence-corrected chi connectivity index (χ0v) is 9.53. The number of hydrogen-bond acceptors (Lipinski definition) is 2. The van der Waals surface area contributed by atoms with Gasteiger partial charge in [0.15, 0.2) is 0 Å². The molecule has 1 heterocycles. The first-order chi connectivity index (χ1) is 7.75. The van der Waals surface area contributed by atoms with Crippen LogP contribution in [0.25, 0.3) is 0 Å². The van der Waals surface area contributed by atoms with Crippen LogP contribution in [0.1, 0.15) is 12.8 Å². The number of amides is 1. The largest absolute Gasteiger partial charge is 0.381 e. The summed E-state index contributed by atoms with van der Waals surface area (Å²) >= 11 is 0. The third kappa shape index (κ3) is 2.86. The zero-order chi connectivity index (χ0) is 11.4. The molecule has 1 fully saturated rings. The van der Waals surface area contributed by atoms with E-state index in [2.05, 4.69) is 5.32 Å². The lowest BCUT2D eigenvalue weighted by atomic mass is 9.96. The van der Waals surface area contributed by atoms with E-state index in [4.69, 9.17) is 4.74 Å². The Morgan fingerprint density at radius 3 is 2.50 bits per heavy atom. The number of carbonyl (C=O) groups excluding carboxylic acids is 1. The SMILES string of the molecule is Bc1ccc(NC(=O)C2CCOCC2)cc1. The maximum Gasteiger partial charge on any atom is 0.227 e. The quantitative estimate of drug-likeness (QED) is 0.724. The second kappa shape index (κ2) is 5.17. The minimum Gasteiger partial charge on any atom is -0.381 e. The zero-order valence-electron chi connectivity index (χ0n) is 9.53. The molecule has 1 saturated heterocycles. The summed E-state index contributed by atoms with van der Waals surface area (Å²) in [5.41, 5.74) is 2.08. The highest BCUT2D eigenvalue weighted by Gasteiger charge is 2.21. The molecule has 0 aliphatic carbocycles. The van der Waals surface area contributed by atoms with Gasteiger partial charge in [-0.05, 0) is 25.0 Å². The minimum absolute atomic E-state index is 0.107. The first-order valence-electron chi connectivity index (χ1n) is 5.71. The van der Waals surface area contributed by atoms with Gasteiger partial charge in [-0.25, -0.2) is 0 Å². The van der Waals surface area contributed by atoms with E-state index in [-0.39, 0.29) is 11.8 Å². The molecule has 0 atom stereocenters. The van der Waals surface area contributed by atoms with Gasteiger partial charge < -0.3 is 10.1 Å². The van der Waals surface area contributed by atoms with Crippen LogP contribution < -0.4 is 10.8 Å². The number of nitrogens with one attached hydrogen (secondary N) is 1. The number of benzene rings is 1. The molecule has 1 amide bonds. The summed E-state index contributed by atoms with van der Waals surface area (Å²) in [6.07, 6.45) is 1.66. The second-order valence-electron chi connectivity index (χ2n) is 4.24. The number of carbonyl (C=O) groups is 1. The van der Waals surface area contributed by atoms with Crippen LogP contribution in [0.4, 0.5) is 5.69 Å². The van der Waals surface area contributed by atoms with E-state index >= 15 is 0 Å². The highest BCUT2D eigenvalue weighted by molar-refractivity contribution is 6.32. The number of hydrogen-bond donors (Lipinski definition) is 1. The molecule has 3 nitrogen and oxygen atoms in total. The van der Waals surface area contributed by atoms with E-state index in [1.807, 2.05) is 32.1 Å². The fourth-order valence-corrected chi connectivity index (χ4v) is 1.84. The molecule has 1 aromatic rings. The first kappa shape index (κ1) is 11.2. The monoisotopic (exact) mass is 217 g/mol. The molecular weight excluding hydrogens is 201 g/mol. The maximum atomic E-state index is 11.9. The molecule has 0 radical (unpaired) electrons. The van der Waals surface area contributed by atoms with Gasteiger partial charge in [-0.1, -0.05) is 17.6 Å². The van der Waals surface area contributed by atoms with Gasteiger partial charge in [-0.15, -0.1) is 0 Å². The lowest BCUT2D eigenvalue weighted by molar-refractivity contribution is -0.122. The molecule has 84 valence electrons. The van der Waals surface area contributed by atoms with Crippen LogP contribution in [0, 0.1) is 5.92 Å². The lowest BCUT2D eigenvalue weighted by Gasteiger charge is -2.21. The average molecular weight is 217 g/mol. The van der Waals surface area contributed by atoms with Gasteiger partial charge in [-0.3, -0.25) is 4.79 Å². The molecule has 0 aromatic heterocycles. The molecule has 1 aliphatic heterocycles. The van der Waals surface area contributed by atoms with Gasteiger partial charge in [0, 0.05) is 24.8 Å². The maximum absolute atomic E-state index is 11.9. The summed E-state index contributed by atoms with van der Waals surface area (Å²) in [4.78, 5) is 11.9. The summed E-state index contributed by atoms with van der Waals surface area (Å²) in [6.45, 7) is 1.40. The Morgan fingerprint density at radius 2 is 1.88 bits per heavy atom. The summed E-state index contributed by atoms with van der Waals surface area (Å²) in [7, 11) is 2.03. The molecule has 1 N–H and O–H groups in total. The fraction of sp³-hybridized carbons (Fsp3) is 0.417. The predicted molar refractivity (Wildman–Crippen MR) is 66.8 cm³/mol. The summed E-state index contributed by atoms with van der Waals surface area (Å²) < 4.78 is 5.24. The number of rotatable bonds is 2. The Labute approximate surface area is 96.6 Å². The molecule has 0 saturated carbocycles. The van der Waals surface area contributed by atoms with Crippen LogP contribution >= 0.6 is 0 Å². The Kier molecular flexibility index (Phi) is 3.62.